The van der Waals surface area contributed by atoms with E-state index < -0.39 is 10.1 Å². The summed E-state index contributed by atoms with van der Waals surface area (Å²) in [6, 6.07) is 17.5. The van der Waals surface area contributed by atoms with Gasteiger partial charge in [0.15, 0.2) is 5.78 Å². The van der Waals surface area contributed by atoms with Gasteiger partial charge in [-0.2, -0.15) is 8.42 Å². The van der Waals surface area contributed by atoms with Gasteiger partial charge in [0.1, 0.15) is 10.6 Å². The minimum absolute atomic E-state index is 0.0994. The zero-order valence-corrected chi connectivity index (χ0v) is 17.6. The van der Waals surface area contributed by atoms with Gasteiger partial charge in [0.05, 0.1) is 0 Å². The molecule has 0 saturated carbocycles. The van der Waals surface area contributed by atoms with E-state index in [-0.39, 0.29) is 22.3 Å². The van der Waals surface area contributed by atoms with Gasteiger partial charge >= 0.3 is 10.1 Å². The Morgan fingerprint density at radius 3 is 2.23 bits per heavy atom. The number of amides is 1. The van der Waals surface area contributed by atoms with Crippen molar-refractivity contribution in [3.05, 3.63) is 89.0 Å². The van der Waals surface area contributed by atoms with Crippen molar-refractivity contribution in [3.63, 3.8) is 0 Å². The lowest BCUT2D eigenvalue weighted by atomic mass is 10.1. The van der Waals surface area contributed by atoms with Crippen molar-refractivity contribution in [1.29, 1.82) is 0 Å². The second kappa shape index (κ2) is 8.51. The van der Waals surface area contributed by atoms with Crippen LogP contribution in [0.3, 0.4) is 0 Å². The third-order valence-electron chi connectivity index (χ3n) is 4.46. The molecule has 3 aromatic rings. The van der Waals surface area contributed by atoms with Crippen molar-refractivity contribution in [3.8, 4) is 5.75 Å². The number of hydrogen-bond acceptors (Lipinski definition) is 5. The number of carbonyl (C=O) groups excluding carboxylic acids is 2. The molecule has 6 nitrogen and oxygen atoms in total. The molecule has 0 aliphatic carbocycles. The van der Waals surface area contributed by atoms with E-state index in [0.29, 0.717) is 22.4 Å². The first-order chi connectivity index (χ1) is 14.2. The van der Waals surface area contributed by atoms with Gasteiger partial charge in [0, 0.05) is 16.8 Å². The number of benzene rings is 3. The van der Waals surface area contributed by atoms with Crippen molar-refractivity contribution in [2.45, 2.75) is 25.7 Å². The van der Waals surface area contributed by atoms with Crippen LogP contribution in [0.5, 0.6) is 5.75 Å². The van der Waals surface area contributed by atoms with Crippen LogP contribution in [0.2, 0.25) is 0 Å². The summed E-state index contributed by atoms with van der Waals surface area (Å²) in [5.74, 6) is -0.386. The van der Waals surface area contributed by atoms with E-state index in [2.05, 4.69) is 5.32 Å². The molecule has 1 N–H and O–H groups in total. The highest BCUT2D eigenvalue weighted by Crippen LogP contribution is 2.23. The number of rotatable bonds is 6. The SMILES string of the molecule is CC(=O)c1cccc(NC(=O)c2ccc(OS(=O)(=O)c3cc(C)ccc3C)cc2)c1. The van der Waals surface area contributed by atoms with Crippen molar-refractivity contribution in [2.24, 2.45) is 0 Å². The molecule has 0 heterocycles. The van der Waals surface area contributed by atoms with Crippen LogP contribution in [0.4, 0.5) is 5.69 Å². The Hall–Kier alpha value is -3.45. The summed E-state index contributed by atoms with van der Waals surface area (Å²) in [5, 5.41) is 2.71. The van der Waals surface area contributed by atoms with Crippen molar-refractivity contribution < 1.29 is 22.2 Å². The van der Waals surface area contributed by atoms with E-state index in [1.165, 1.54) is 31.2 Å². The number of nitrogens with one attached hydrogen (secondary N) is 1. The highest BCUT2D eigenvalue weighted by Gasteiger charge is 2.20. The van der Waals surface area contributed by atoms with Gasteiger partial charge in [-0.1, -0.05) is 24.3 Å². The normalized spacial score (nSPS) is 11.0. The minimum Gasteiger partial charge on any atom is -0.379 e. The van der Waals surface area contributed by atoms with Crippen LogP contribution in [0.25, 0.3) is 0 Å². The number of Topliss-reactive ketones (excluding diaryl/α,β-unsaturated/α-hetero) is 1. The maximum absolute atomic E-state index is 12.6. The first kappa shape index (κ1) is 21.3. The monoisotopic (exact) mass is 423 g/mol. The zero-order valence-electron chi connectivity index (χ0n) is 16.8. The molecule has 0 unspecified atom stereocenters. The maximum Gasteiger partial charge on any atom is 0.339 e. The molecule has 154 valence electrons. The van der Waals surface area contributed by atoms with Crippen LogP contribution < -0.4 is 9.50 Å². The maximum atomic E-state index is 12.6. The Balaban J connectivity index is 1.74. The second-order valence-electron chi connectivity index (χ2n) is 6.92. The van der Waals surface area contributed by atoms with Crippen molar-refractivity contribution >= 4 is 27.5 Å². The fraction of sp³-hybridized carbons (Fsp3) is 0.130. The fourth-order valence-corrected chi connectivity index (χ4v) is 4.08. The summed E-state index contributed by atoms with van der Waals surface area (Å²) >= 11 is 0. The molecule has 0 atom stereocenters. The quantitative estimate of drug-likeness (QED) is 0.465. The number of ketones is 1. The molecule has 0 aliphatic heterocycles. The average Bonchev–Trinajstić information content (AvgIpc) is 2.70. The number of carbonyl (C=O) groups is 2. The van der Waals surface area contributed by atoms with Crippen LogP contribution in [0.1, 0.15) is 38.8 Å². The Labute approximate surface area is 175 Å². The van der Waals surface area contributed by atoms with E-state index in [1.54, 1.807) is 50.2 Å². The predicted molar refractivity (Wildman–Crippen MR) is 115 cm³/mol. The summed E-state index contributed by atoms with van der Waals surface area (Å²) in [4.78, 5) is 24.0. The van der Waals surface area contributed by atoms with Gasteiger partial charge in [0.25, 0.3) is 5.91 Å². The molecular weight excluding hydrogens is 402 g/mol. The first-order valence-corrected chi connectivity index (χ1v) is 10.6. The van der Waals surface area contributed by atoms with E-state index in [1.807, 2.05) is 6.07 Å². The topological polar surface area (TPSA) is 89.5 Å². The standard InChI is InChI=1S/C23H21NO5S/c1-15-7-8-16(2)22(13-15)30(27,28)29-21-11-9-18(10-12-21)23(26)24-20-6-4-5-19(14-20)17(3)25/h4-14H,1-3H3,(H,24,26). The number of hydrogen-bond donors (Lipinski definition) is 1. The summed E-state index contributed by atoms with van der Waals surface area (Å²) < 4.78 is 30.4. The lowest BCUT2D eigenvalue weighted by Crippen LogP contribution is -2.13. The van der Waals surface area contributed by atoms with Crippen LogP contribution >= 0.6 is 0 Å². The summed E-state index contributed by atoms with van der Waals surface area (Å²) in [6.07, 6.45) is 0. The smallest absolute Gasteiger partial charge is 0.339 e. The zero-order chi connectivity index (χ0) is 21.9. The molecule has 0 aliphatic rings. The predicted octanol–water partition coefficient (Wildman–Crippen LogP) is 4.53. The lowest BCUT2D eigenvalue weighted by molar-refractivity contribution is 0.101. The molecule has 3 aromatic carbocycles. The number of aryl methyl sites for hydroxylation is 2. The van der Waals surface area contributed by atoms with Gasteiger partial charge in [0.2, 0.25) is 0 Å². The highest BCUT2D eigenvalue weighted by atomic mass is 32.2. The lowest BCUT2D eigenvalue weighted by Gasteiger charge is -2.11. The molecule has 0 fully saturated rings. The first-order valence-electron chi connectivity index (χ1n) is 9.20. The third-order valence-corrected chi connectivity index (χ3v) is 5.85. The molecule has 0 bridgehead atoms. The average molecular weight is 423 g/mol. The molecule has 0 radical (unpaired) electrons. The summed E-state index contributed by atoms with van der Waals surface area (Å²) in [6.45, 7) is 4.95. The van der Waals surface area contributed by atoms with E-state index in [4.69, 9.17) is 4.18 Å². The second-order valence-corrected chi connectivity index (χ2v) is 8.44. The van der Waals surface area contributed by atoms with E-state index in [0.717, 1.165) is 5.56 Å². The van der Waals surface area contributed by atoms with E-state index in [9.17, 15) is 18.0 Å². The Morgan fingerprint density at radius 1 is 0.867 bits per heavy atom. The highest BCUT2D eigenvalue weighted by molar-refractivity contribution is 7.87. The molecule has 30 heavy (non-hydrogen) atoms. The van der Waals surface area contributed by atoms with Crippen LogP contribution in [-0.4, -0.2) is 20.1 Å². The molecule has 7 heteroatoms. The van der Waals surface area contributed by atoms with Gasteiger partial charge in [-0.3, -0.25) is 9.59 Å². The molecule has 1 amide bonds. The molecular formula is C23H21NO5S. The van der Waals surface area contributed by atoms with Crippen LogP contribution in [0, 0.1) is 13.8 Å². The Bertz CT molecular complexity index is 1210. The van der Waals surface area contributed by atoms with Crippen LogP contribution in [0.15, 0.2) is 71.6 Å². The van der Waals surface area contributed by atoms with Crippen LogP contribution in [-0.2, 0) is 10.1 Å². The Morgan fingerprint density at radius 2 is 1.57 bits per heavy atom. The van der Waals surface area contributed by atoms with Gasteiger partial charge in [-0.25, -0.2) is 0 Å². The van der Waals surface area contributed by atoms with Crippen molar-refractivity contribution in [2.75, 3.05) is 5.32 Å². The van der Waals surface area contributed by atoms with Gasteiger partial charge in [-0.05, 0) is 74.4 Å². The number of anilines is 1. The van der Waals surface area contributed by atoms with Crippen molar-refractivity contribution in [1.82, 2.24) is 0 Å². The minimum atomic E-state index is -3.99. The Kier molecular flexibility index (Phi) is 6.03. The van der Waals surface area contributed by atoms with Gasteiger partial charge < -0.3 is 9.50 Å². The fourth-order valence-electron chi connectivity index (χ4n) is 2.83. The molecule has 3 rings (SSSR count). The van der Waals surface area contributed by atoms with E-state index >= 15 is 0 Å². The largest absolute Gasteiger partial charge is 0.379 e. The van der Waals surface area contributed by atoms with Gasteiger partial charge in [-0.15, -0.1) is 0 Å². The molecule has 0 saturated heterocycles. The summed E-state index contributed by atoms with van der Waals surface area (Å²) in [7, 11) is -3.99. The molecule has 0 aromatic heterocycles. The summed E-state index contributed by atoms with van der Waals surface area (Å²) in [5.41, 5.74) is 2.70. The molecule has 0 spiro atoms. The third kappa shape index (κ3) is 4.93.